The fraction of sp³-hybridized carbons (Fsp3) is 0.471. The summed E-state index contributed by atoms with van der Waals surface area (Å²) in [7, 11) is 0. The summed E-state index contributed by atoms with van der Waals surface area (Å²) in [6.07, 6.45) is 2.05. The molecule has 1 N–H and O–H groups in total. The second kappa shape index (κ2) is 5.31. The van der Waals surface area contributed by atoms with Gasteiger partial charge in [0.1, 0.15) is 0 Å². The van der Waals surface area contributed by atoms with Gasteiger partial charge in [-0.2, -0.15) is 0 Å². The van der Waals surface area contributed by atoms with Gasteiger partial charge in [-0.3, -0.25) is 0 Å². The van der Waals surface area contributed by atoms with E-state index in [1.807, 2.05) is 13.0 Å². The number of fused-ring (bicyclic) bond motifs is 1. The number of aromatic carboxylic acids is 1. The summed E-state index contributed by atoms with van der Waals surface area (Å²) >= 11 is 0. The van der Waals surface area contributed by atoms with Crippen LogP contribution in [0.1, 0.15) is 60.4 Å². The summed E-state index contributed by atoms with van der Waals surface area (Å²) in [5.74, 6) is -0.837. The average molecular weight is 273 g/mol. The number of rotatable bonds is 4. The van der Waals surface area contributed by atoms with E-state index in [-0.39, 0.29) is 6.04 Å². The maximum atomic E-state index is 11.7. The van der Waals surface area contributed by atoms with Crippen LogP contribution in [0, 0.1) is 13.8 Å². The van der Waals surface area contributed by atoms with Crippen molar-refractivity contribution in [2.24, 2.45) is 0 Å². The minimum absolute atomic E-state index is 0.253. The molecule has 20 heavy (non-hydrogen) atoms. The largest absolute Gasteiger partial charge is 0.478 e. The fourth-order valence-corrected chi connectivity index (χ4v) is 3.17. The molecule has 3 heteroatoms. The van der Waals surface area contributed by atoms with Crippen molar-refractivity contribution in [2.75, 3.05) is 0 Å². The van der Waals surface area contributed by atoms with Gasteiger partial charge in [0.2, 0.25) is 0 Å². The normalized spacial score (nSPS) is 11.5. The number of hydrogen-bond donors (Lipinski definition) is 1. The maximum absolute atomic E-state index is 11.7. The van der Waals surface area contributed by atoms with Crippen molar-refractivity contribution >= 4 is 16.9 Å². The highest BCUT2D eigenvalue weighted by Crippen LogP contribution is 2.33. The van der Waals surface area contributed by atoms with E-state index in [0.29, 0.717) is 5.56 Å². The molecule has 0 radical (unpaired) electrons. The molecule has 0 amide bonds. The van der Waals surface area contributed by atoms with Gasteiger partial charge in [0.05, 0.1) is 11.1 Å². The lowest BCUT2D eigenvalue weighted by molar-refractivity contribution is 0.0698. The first-order valence-corrected chi connectivity index (χ1v) is 7.26. The Bertz CT molecular complexity index is 665. The standard InChI is InChI=1S/C17H23NO2/c1-6-7-13-12(5)18(10(2)3)16-14(13)9-8-11(4)15(16)17(19)20/h8-10H,6-7H2,1-5H3,(H,19,20). The SMILES string of the molecule is CCCc1c(C)n(C(C)C)c2c(C(=O)O)c(C)ccc12. The Balaban J connectivity index is 2.97. The van der Waals surface area contributed by atoms with Crippen molar-refractivity contribution in [2.45, 2.75) is 53.5 Å². The Labute approximate surface area is 120 Å². The first kappa shape index (κ1) is 14.6. The van der Waals surface area contributed by atoms with Gasteiger partial charge in [0.15, 0.2) is 0 Å². The van der Waals surface area contributed by atoms with E-state index < -0.39 is 5.97 Å². The second-order valence-corrected chi connectivity index (χ2v) is 5.74. The highest BCUT2D eigenvalue weighted by atomic mass is 16.4. The Kier molecular flexibility index (Phi) is 3.89. The van der Waals surface area contributed by atoms with E-state index in [4.69, 9.17) is 0 Å². The lowest BCUT2D eigenvalue weighted by Crippen LogP contribution is -2.08. The molecule has 0 aliphatic rings. The number of carboxylic acid groups (broad SMARTS) is 1. The van der Waals surface area contributed by atoms with Gasteiger partial charge >= 0.3 is 5.97 Å². The van der Waals surface area contributed by atoms with Crippen LogP contribution in [0.2, 0.25) is 0 Å². The van der Waals surface area contributed by atoms with Gasteiger partial charge < -0.3 is 9.67 Å². The minimum Gasteiger partial charge on any atom is -0.478 e. The molecule has 0 atom stereocenters. The molecule has 0 saturated heterocycles. The number of carbonyl (C=O) groups is 1. The molecule has 1 heterocycles. The number of hydrogen-bond acceptors (Lipinski definition) is 1. The molecular formula is C17H23NO2. The Morgan fingerprint density at radius 2 is 1.95 bits per heavy atom. The van der Waals surface area contributed by atoms with Crippen LogP contribution in [-0.2, 0) is 6.42 Å². The Hall–Kier alpha value is -1.77. The van der Waals surface area contributed by atoms with Gasteiger partial charge in [0.25, 0.3) is 0 Å². The summed E-state index contributed by atoms with van der Waals surface area (Å²) in [6.45, 7) is 10.3. The molecule has 108 valence electrons. The predicted octanol–water partition coefficient (Wildman–Crippen LogP) is 4.49. The van der Waals surface area contributed by atoms with Gasteiger partial charge in [-0.15, -0.1) is 0 Å². The molecule has 1 aromatic heterocycles. The molecule has 0 unspecified atom stereocenters. The van der Waals surface area contributed by atoms with Crippen molar-refractivity contribution in [1.82, 2.24) is 4.57 Å². The Morgan fingerprint density at radius 3 is 2.45 bits per heavy atom. The number of benzene rings is 1. The summed E-state index contributed by atoms with van der Waals surface area (Å²) in [4.78, 5) is 11.7. The number of nitrogens with zero attached hydrogens (tertiary/aromatic N) is 1. The highest BCUT2D eigenvalue weighted by molar-refractivity contribution is 6.05. The van der Waals surface area contributed by atoms with E-state index in [1.54, 1.807) is 0 Å². The highest BCUT2D eigenvalue weighted by Gasteiger charge is 2.22. The molecule has 2 rings (SSSR count). The van der Waals surface area contributed by atoms with Crippen molar-refractivity contribution < 1.29 is 9.90 Å². The van der Waals surface area contributed by atoms with Crippen LogP contribution < -0.4 is 0 Å². The van der Waals surface area contributed by atoms with Crippen LogP contribution in [0.3, 0.4) is 0 Å². The van der Waals surface area contributed by atoms with Gasteiger partial charge in [-0.25, -0.2) is 4.79 Å². The zero-order valence-corrected chi connectivity index (χ0v) is 12.9. The zero-order valence-electron chi connectivity index (χ0n) is 12.9. The molecule has 0 bridgehead atoms. The van der Waals surface area contributed by atoms with E-state index in [2.05, 4.69) is 38.3 Å². The van der Waals surface area contributed by atoms with Crippen LogP contribution in [0.4, 0.5) is 0 Å². The van der Waals surface area contributed by atoms with Crippen molar-refractivity contribution in [1.29, 1.82) is 0 Å². The molecular weight excluding hydrogens is 250 g/mol. The van der Waals surface area contributed by atoms with Crippen LogP contribution in [-0.4, -0.2) is 15.6 Å². The lowest BCUT2D eigenvalue weighted by atomic mass is 10.0. The number of carboxylic acids is 1. The van der Waals surface area contributed by atoms with Crippen LogP contribution in [0.15, 0.2) is 12.1 Å². The molecule has 2 aromatic rings. The molecule has 3 nitrogen and oxygen atoms in total. The van der Waals surface area contributed by atoms with Crippen LogP contribution >= 0.6 is 0 Å². The first-order chi connectivity index (χ1) is 9.40. The monoisotopic (exact) mass is 273 g/mol. The lowest BCUT2D eigenvalue weighted by Gasteiger charge is -2.15. The molecule has 0 spiro atoms. The second-order valence-electron chi connectivity index (χ2n) is 5.74. The molecule has 0 saturated carbocycles. The summed E-state index contributed by atoms with van der Waals surface area (Å²) in [5, 5.41) is 10.7. The first-order valence-electron chi connectivity index (χ1n) is 7.26. The number of aromatic nitrogens is 1. The topological polar surface area (TPSA) is 42.2 Å². The molecule has 0 aliphatic carbocycles. The van der Waals surface area contributed by atoms with E-state index in [9.17, 15) is 9.90 Å². The number of aryl methyl sites for hydroxylation is 2. The third-order valence-corrected chi connectivity index (χ3v) is 3.98. The molecule has 0 fully saturated rings. The van der Waals surface area contributed by atoms with Gasteiger partial charge in [-0.1, -0.05) is 25.5 Å². The van der Waals surface area contributed by atoms with Crippen LogP contribution in [0.25, 0.3) is 10.9 Å². The third kappa shape index (κ3) is 2.11. The van der Waals surface area contributed by atoms with Gasteiger partial charge in [0, 0.05) is 17.1 Å². The quantitative estimate of drug-likeness (QED) is 0.891. The fourth-order valence-electron chi connectivity index (χ4n) is 3.17. The van der Waals surface area contributed by atoms with Crippen molar-refractivity contribution in [3.63, 3.8) is 0 Å². The summed E-state index contributed by atoms with van der Waals surface area (Å²) in [6, 6.07) is 4.26. The van der Waals surface area contributed by atoms with Crippen LogP contribution in [0.5, 0.6) is 0 Å². The smallest absolute Gasteiger partial charge is 0.338 e. The van der Waals surface area contributed by atoms with E-state index in [0.717, 1.165) is 29.3 Å². The predicted molar refractivity (Wildman–Crippen MR) is 82.8 cm³/mol. The minimum atomic E-state index is -0.837. The molecule has 0 aliphatic heterocycles. The van der Waals surface area contributed by atoms with Gasteiger partial charge in [-0.05, 0) is 45.2 Å². The average Bonchev–Trinajstić information content (AvgIpc) is 2.62. The van der Waals surface area contributed by atoms with E-state index >= 15 is 0 Å². The summed E-state index contributed by atoms with van der Waals surface area (Å²) < 4.78 is 2.18. The van der Waals surface area contributed by atoms with Crippen molar-refractivity contribution in [3.8, 4) is 0 Å². The maximum Gasteiger partial charge on any atom is 0.338 e. The third-order valence-electron chi connectivity index (χ3n) is 3.98. The zero-order chi connectivity index (χ0) is 15.0. The Morgan fingerprint density at radius 1 is 1.30 bits per heavy atom. The van der Waals surface area contributed by atoms with Crippen molar-refractivity contribution in [3.05, 3.63) is 34.5 Å². The molecule has 1 aromatic carbocycles. The summed E-state index contributed by atoms with van der Waals surface area (Å²) in [5.41, 5.74) is 4.64. The van der Waals surface area contributed by atoms with E-state index in [1.165, 1.54) is 11.3 Å².